The second-order valence-electron chi connectivity index (χ2n) is 3.53. The van der Waals surface area contributed by atoms with Gasteiger partial charge in [-0.25, -0.2) is 4.39 Å². The Morgan fingerprint density at radius 1 is 1.57 bits per heavy atom. The fourth-order valence-electron chi connectivity index (χ4n) is 1.99. The molecule has 1 aromatic rings. The summed E-state index contributed by atoms with van der Waals surface area (Å²) in [6.45, 7) is 3.83. The Balaban J connectivity index is 2.36. The first-order chi connectivity index (χ1) is 6.83. The molecule has 2 N–H and O–H groups in total. The minimum Gasteiger partial charge on any atom is -0.385 e. The van der Waals surface area contributed by atoms with Crippen molar-refractivity contribution in [2.75, 3.05) is 18.4 Å². The van der Waals surface area contributed by atoms with Crippen molar-refractivity contribution >= 4 is 5.69 Å². The Hall–Kier alpha value is -1.09. The van der Waals surface area contributed by atoms with E-state index >= 15 is 0 Å². The molecule has 0 aliphatic carbocycles. The van der Waals surface area contributed by atoms with E-state index in [2.05, 4.69) is 10.6 Å². The summed E-state index contributed by atoms with van der Waals surface area (Å²) in [7, 11) is 0. The van der Waals surface area contributed by atoms with Gasteiger partial charge in [0.2, 0.25) is 0 Å². The van der Waals surface area contributed by atoms with Crippen LogP contribution in [0.5, 0.6) is 0 Å². The van der Waals surface area contributed by atoms with Crippen molar-refractivity contribution in [2.24, 2.45) is 0 Å². The van der Waals surface area contributed by atoms with Gasteiger partial charge in [-0.3, -0.25) is 0 Å². The molecule has 0 bridgehead atoms. The molecule has 2 nitrogen and oxygen atoms in total. The lowest BCUT2D eigenvalue weighted by Crippen LogP contribution is -2.28. The van der Waals surface area contributed by atoms with Crippen LogP contribution in [0.25, 0.3) is 0 Å². The van der Waals surface area contributed by atoms with Crippen molar-refractivity contribution in [3.8, 4) is 0 Å². The van der Waals surface area contributed by atoms with Crippen molar-refractivity contribution in [3.05, 3.63) is 29.6 Å². The van der Waals surface area contributed by atoms with Crippen molar-refractivity contribution in [1.82, 2.24) is 5.32 Å². The predicted octanol–water partition coefficient (Wildman–Crippen LogP) is 2.29. The lowest BCUT2D eigenvalue weighted by molar-refractivity contribution is 0.485. The van der Waals surface area contributed by atoms with E-state index in [1.165, 1.54) is 6.07 Å². The lowest BCUT2D eigenvalue weighted by Gasteiger charge is -2.27. The van der Waals surface area contributed by atoms with Crippen LogP contribution in [0.4, 0.5) is 10.1 Å². The smallest absolute Gasteiger partial charge is 0.130 e. The second kappa shape index (κ2) is 3.96. The van der Waals surface area contributed by atoms with Gasteiger partial charge in [0.05, 0.1) is 0 Å². The topological polar surface area (TPSA) is 24.1 Å². The third-order valence-electron chi connectivity index (χ3n) is 2.60. The Labute approximate surface area is 83.5 Å². The molecule has 0 saturated heterocycles. The summed E-state index contributed by atoms with van der Waals surface area (Å²) in [5.41, 5.74) is 1.72. The van der Waals surface area contributed by atoms with Crippen LogP contribution in [0.15, 0.2) is 18.2 Å². The van der Waals surface area contributed by atoms with Crippen LogP contribution in [0.2, 0.25) is 0 Å². The van der Waals surface area contributed by atoms with Crippen molar-refractivity contribution in [1.29, 1.82) is 0 Å². The van der Waals surface area contributed by atoms with Gasteiger partial charge < -0.3 is 10.6 Å². The monoisotopic (exact) mass is 194 g/mol. The van der Waals surface area contributed by atoms with Gasteiger partial charge in [-0.1, -0.05) is 13.0 Å². The first-order valence-corrected chi connectivity index (χ1v) is 5.08. The fraction of sp³-hybridized carbons (Fsp3) is 0.455. The zero-order chi connectivity index (χ0) is 9.97. The SMILES string of the molecule is CCNC1CCNc2cccc(F)c21. The maximum atomic E-state index is 13.6. The van der Waals surface area contributed by atoms with Gasteiger partial charge in [-0.2, -0.15) is 0 Å². The molecule has 3 heteroatoms. The van der Waals surface area contributed by atoms with Gasteiger partial charge in [-0.15, -0.1) is 0 Å². The summed E-state index contributed by atoms with van der Waals surface area (Å²) in [5.74, 6) is -0.111. The van der Waals surface area contributed by atoms with Crippen LogP contribution in [-0.4, -0.2) is 13.1 Å². The summed E-state index contributed by atoms with van der Waals surface area (Å²) >= 11 is 0. The molecular formula is C11H15FN2. The van der Waals surface area contributed by atoms with Crippen LogP contribution in [0.1, 0.15) is 24.9 Å². The fourth-order valence-corrected chi connectivity index (χ4v) is 1.99. The van der Waals surface area contributed by atoms with Gasteiger partial charge in [0.15, 0.2) is 0 Å². The molecule has 1 unspecified atom stereocenters. The molecule has 2 rings (SSSR count). The van der Waals surface area contributed by atoms with Crippen LogP contribution in [-0.2, 0) is 0 Å². The molecule has 0 amide bonds. The maximum Gasteiger partial charge on any atom is 0.130 e. The Kier molecular flexibility index (Phi) is 2.68. The number of anilines is 1. The van der Waals surface area contributed by atoms with Gasteiger partial charge in [0, 0.05) is 23.8 Å². The molecule has 0 spiro atoms. The molecule has 0 saturated carbocycles. The first-order valence-electron chi connectivity index (χ1n) is 5.08. The highest BCUT2D eigenvalue weighted by atomic mass is 19.1. The van der Waals surface area contributed by atoms with E-state index in [0.29, 0.717) is 0 Å². The van der Waals surface area contributed by atoms with Crippen molar-refractivity contribution in [3.63, 3.8) is 0 Å². The molecule has 14 heavy (non-hydrogen) atoms. The summed E-state index contributed by atoms with van der Waals surface area (Å²) in [6, 6.07) is 5.37. The average molecular weight is 194 g/mol. The van der Waals surface area contributed by atoms with E-state index in [4.69, 9.17) is 0 Å². The molecule has 1 heterocycles. The highest BCUT2D eigenvalue weighted by molar-refractivity contribution is 5.55. The Morgan fingerprint density at radius 3 is 3.21 bits per heavy atom. The normalized spacial score (nSPS) is 20.0. The second-order valence-corrected chi connectivity index (χ2v) is 3.53. The number of hydrogen-bond acceptors (Lipinski definition) is 2. The summed E-state index contributed by atoms with van der Waals surface area (Å²) in [4.78, 5) is 0. The third-order valence-corrected chi connectivity index (χ3v) is 2.60. The van der Waals surface area contributed by atoms with Crippen LogP contribution >= 0.6 is 0 Å². The highest BCUT2D eigenvalue weighted by Crippen LogP contribution is 2.31. The molecule has 0 aromatic heterocycles. The summed E-state index contributed by atoms with van der Waals surface area (Å²) in [5, 5.41) is 6.51. The number of fused-ring (bicyclic) bond motifs is 1. The molecule has 1 aliphatic rings. The zero-order valence-corrected chi connectivity index (χ0v) is 8.31. The average Bonchev–Trinajstić information content (AvgIpc) is 2.19. The zero-order valence-electron chi connectivity index (χ0n) is 8.31. The highest BCUT2D eigenvalue weighted by Gasteiger charge is 2.21. The maximum absolute atomic E-state index is 13.6. The van der Waals surface area contributed by atoms with Crippen LogP contribution in [0.3, 0.4) is 0 Å². The third kappa shape index (κ3) is 1.60. The number of halogens is 1. The lowest BCUT2D eigenvalue weighted by atomic mass is 9.97. The molecule has 0 fully saturated rings. The number of nitrogens with one attached hydrogen (secondary N) is 2. The largest absolute Gasteiger partial charge is 0.385 e. The minimum absolute atomic E-state index is 0.111. The van der Waals surface area contributed by atoms with Crippen molar-refractivity contribution < 1.29 is 4.39 Å². The van der Waals surface area contributed by atoms with Gasteiger partial charge in [-0.05, 0) is 25.1 Å². The van der Waals surface area contributed by atoms with Gasteiger partial charge in [0.25, 0.3) is 0 Å². The number of rotatable bonds is 2. The van der Waals surface area contributed by atoms with E-state index in [1.807, 2.05) is 13.0 Å². The molecule has 1 aromatic carbocycles. The summed E-state index contributed by atoms with van der Waals surface area (Å²) < 4.78 is 13.6. The molecule has 1 aliphatic heterocycles. The number of benzene rings is 1. The van der Waals surface area contributed by atoms with Crippen LogP contribution in [0, 0.1) is 5.82 Å². The van der Waals surface area contributed by atoms with Crippen LogP contribution < -0.4 is 10.6 Å². The van der Waals surface area contributed by atoms with Gasteiger partial charge in [0.1, 0.15) is 5.82 Å². The molecule has 0 radical (unpaired) electrons. The Bertz CT molecular complexity index is 325. The quantitative estimate of drug-likeness (QED) is 0.754. The van der Waals surface area contributed by atoms with Gasteiger partial charge >= 0.3 is 0 Å². The first kappa shape index (κ1) is 9.46. The number of hydrogen-bond donors (Lipinski definition) is 2. The molecule has 76 valence electrons. The van der Waals surface area contributed by atoms with E-state index in [1.54, 1.807) is 6.07 Å². The summed E-state index contributed by atoms with van der Waals surface area (Å²) in [6.07, 6.45) is 0.946. The van der Waals surface area contributed by atoms with E-state index in [0.717, 1.165) is 30.8 Å². The van der Waals surface area contributed by atoms with E-state index < -0.39 is 0 Å². The predicted molar refractivity (Wildman–Crippen MR) is 55.9 cm³/mol. The molecule has 1 atom stereocenters. The standard InChI is InChI=1S/C11H15FN2/c1-2-13-10-6-7-14-9-5-3-4-8(12)11(9)10/h3-5,10,13-14H,2,6-7H2,1H3. The van der Waals surface area contributed by atoms with Crippen molar-refractivity contribution in [2.45, 2.75) is 19.4 Å². The van der Waals surface area contributed by atoms with E-state index in [9.17, 15) is 4.39 Å². The Morgan fingerprint density at radius 2 is 2.43 bits per heavy atom. The minimum atomic E-state index is -0.111. The molecular weight excluding hydrogens is 179 g/mol. The van der Waals surface area contributed by atoms with E-state index in [-0.39, 0.29) is 11.9 Å².